The first-order chi connectivity index (χ1) is 11.3. The lowest BCUT2D eigenvalue weighted by Gasteiger charge is -2.33. The van der Waals surface area contributed by atoms with Crippen LogP contribution in [0.25, 0.3) is 0 Å². The highest BCUT2D eigenvalue weighted by atomic mass is 32.2. The Morgan fingerprint density at radius 2 is 1.79 bits per heavy atom. The van der Waals surface area contributed by atoms with E-state index in [9.17, 15) is 13.2 Å². The van der Waals surface area contributed by atoms with Crippen LogP contribution in [0.15, 0.2) is 18.3 Å². The van der Waals surface area contributed by atoms with Crippen molar-refractivity contribution in [3.63, 3.8) is 0 Å². The van der Waals surface area contributed by atoms with E-state index >= 15 is 0 Å². The summed E-state index contributed by atoms with van der Waals surface area (Å²) in [5.74, 6) is 1.05. The quantitative estimate of drug-likeness (QED) is 0.828. The van der Waals surface area contributed by atoms with Crippen LogP contribution in [0.2, 0.25) is 0 Å². The largest absolute Gasteiger partial charge is 0.338 e. The molecule has 3 rings (SSSR count). The van der Waals surface area contributed by atoms with Crippen molar-refractivity contribution in [2.45, 2.75) is 26.2 Å². The van der Waals surface area contributed by atoms with E-state index in [0.717, 1.165) is 38.0 Å². The topological polar surface area (TPSA) is 70.6 Å². The van der Waals surface area contributed by atoms with Gasteiger partial charge in [0.15, 0.2) is 0 Å². The molecule has 0 aliphatic carbocycles. The first-order valence-corrected chi connectivity index (χ1v) is 10.4. The van der Waals surface area contributed by atoms with Crippen LogP contribution in [0.4, 0.5) is 0 Å². The summed E-state index contributed by atoms with van der Waals surface area (Å²) in [5, 5.41) is 0. The lowest BCUT2D eigenvalue weighted by Crippen LogP contribution is -2.40. The molecule has 0 N–H and O–H groups in total. The molecule has 132 valence electrons. The number of carbonyl (C=O) groups excluding carboxylic acids is 1. The number of hydrogen-bond donors (Lipinski definition) is 0. The molecule has 0 radical (unpaired) electrons. The first-order valence-electron chi connectivity index (χ1n) is 8.51. The molecule has 2 aliphatic heterocycles. The Bertz CT molecular complexity index is 694. The maximum atomic E-state index is 12.6. The van der Waals surface area contributed by atoms with Crippen LogP contribution in [-0.4, -0.2) is 60.9 Å². The van der Waals surface area contributed by atoms with E-state index in [1.54, 1.807) is 10.5 Å². The summed E-state index contributed by atoms with van der Waals surface area (Å²) >= 11 is 0. The van der Waals surface area contributed by atoms with Gasteiger partial charge in [0.1, 0.15) is 0 Å². The molecule has 1 unspecified atom stereocenters. The Balaban J connectivity index is 1.56. The van der Waals surface area contributed by atoms with E-state index < -0.39 is 10.0 Å². The van der Waals surface area contributed by atoms with Crippen LogP contribution in [0, 0.1) is 18.8 Å². The second-order valence-corrected chi connectivity index (χ2v) is 8.97. The minimum atomic E-state index is -3.07. The number of sulfonamides is 1. The van der Waals surface area contributed by atoms with Gasteiger partial charge in [0.05, 0.1) is 11.8 Å². The van der Waals surface area contributed by atoms with E-state index in [-0.39, 0.29) is 5.91 Å². The molecule has 0 saturated carbocycles. The van der Waals surface area contributed by atoms with Gasteiger partial charge >= 0.3 is 0 Å². The molecule has 24 heavy (non-hydrogen) atoms. The number of likely N-dealkylation sites (tertiary alicyclic amines) is 1. The number of piperidine rings is 1. The van der Waals surface area contributed by atoms with Crippen LogP contribution in [0.5, 0.6) is 0 Å². The molecule has 1 aromatic rings. The second-order valence-electron chi connectivity index (χ2n) is 6.99. The smallest absolute Gasteiger partial charge is 0.255 e. The van der Waals surface area contributed by atoms with Gasteiger partial charge in [-0.1, -0.05) is 0 Å². The van der Waals surface area contributed by atoms with Crippen molar-refractivity contribution in [1.82, 2.24) is 14.2 Å². The lowest BCUT2D eigenvalue weighted by molar-refractivity contribution is 0.0778. The van der Waals surface area contributed by atoms with Crippen molar-refractivity contribution < 1.29 is 13.2 Å². The zero-order chi connectivity index (χ0) is 17.3. The zero-order valence-corrected chi connectivity index (χ0v) is 15.1. The van der Waals surface area contributed by atoms with Gasteiger partial charge in [-0.2, -0.15) is 0 Å². The van der Waals surface area contributed by atoms with Gasteiger partial charge in [0.25, 0.3) is 5.91 Å². The Morgan fingerprint density at radius 1 is 1.12 bits per heavy atom. The third kappa shape index (κ3) is 3.78. The fourth-order valence-electron chi connectivity index (χ4n) is 3.81. The molecule has 1 aromatic heterocycles. The second kappa shape index (κ2) is 6.80. The van der Waals surface area contributed by atoms with E-state index in [1.165, 1.54) is 6.26 Å². The number of carbonyl (C=O) groups is 1. The minimum Gasteiger partial charge on any atom is -0.338 e. The molecular weight excluding hydrogens is 326 g/mol. The monoisotopic (exact) mass is 351 g/mol. The average molecular weight is 351 g/mol. The minimum absolute atomic E-state index is 0.0542. The van der Waals surface area contributed by atoms with Gasteiger partial charge in [0.2, 0.25) is 10.0 Å². The molecule has 1 atom stereocenters. The molecule has 2 fully saturated rings. The predicted octanol–water partition coefficient (Wildman–Crippen LogP) is 1.52. The summed E-state index contributed by atoms with van der Waals surface area (Å²) in [7, 11) is -3.07. The Morgan fingerprint density at radius 3 is 2.38 bits per heavy atom. The third-order valence-corrected chi connectivity index (χ3v) is 6.61. The average Bonchev–Trinajstić information content (AvgIpc) is 3.04. The lowest BCUT2D eigenvalue weighted by atomic mass is 9.84. The third-order valence-electron chi connectivity index (χ3n) is 5.30. The van der Waals surface area contributed by atoms with Crippen molar-refractivity contribution in [2.24, 2.45) is 11.8 Å². The maximum Gasteiger partial charge on any atom is 0.255 e. The molecule has 0 aromatic carbocycles. The number of amides is 1. The van der Waals surface area contributed by atoms with E-state index in [1.807, 2.05) is 24.0 Å². The van der Waals surface area contributed by atoms with E-state index in [0.29, 0.717) is 30.5 Å². The number of pyridine rings is 1. The van der Waals surface area contributed by atoms with Gasteiger partial charge < -0.3 is 4.90 Å². The summed E-state index contributed by atoms with van der Waals surface area (Å²) in [6, 6.07) is 3.70. The van der Waals surface area contributed by atoms with Crippen molar-refractivity contribution in [1.29, 1.82) is 0 Å². The van der Waals surface area contributed by atoms with Crippen molar-refractivity contribution in [3.05, 3.63) is 29.6 Å². The Labute approximate surface area is 143 Å². The van der Waals surface area contributed by atoms with Gasteiger partial charge in [-0.05, 0) is 50.2 Å². The van der Waals surface area contributed by atoms with E-state index in [4.69, 9.17) is 0 Å². The highest BCUT2D eigenvalue weighted by Crippen LogP contribution is 2.32. The van der Waals surface area contributed by atoms with Crippen LogP contribution < -0.4 is 0 Å². The summed E-state index contributed by atoms with van der Waals surface area (Å²) < 4.78 is 24.8. The standard InChI is InChI=1S/C17H25N3O3S/c1-13-3-4-15(11-18-13)17(21)19-8-5-16(12-19)14-6-9-20(10-7-14)24(2,22)23/h3-4,11,14,16H,5-10,12H2,1-2H3. The highest BCUT2D eigenvalue weighted by Gasteiger charge is 2.35. The summed E-state index contributed by atoms with van der Waals surface area (Å²) in [5.41, 5.74) is 1.55. The van der Waals surface area contributed by atoms with Crippen LogP contribution in [0.1, 0.15) is 35.3 Å². The molecular formula is C17H25N3O3S. The summed E-state index contributed by atoms with van der Waals surface area (Å²) in [6.07, 6.45) is 5.72. The van der Waals surface area contributed by atoms with Gasteiger partial charge in [0, 0.05) is 38.1 Å². The number of rotatable bonds is 3. The van der Waals surface area contributed by atoms with Gasteiger partial charge in [-0.3, -0.25) is 9.78 Å². The fraction of sp³-hybridized carbons (Fsp3) is 0.647. The zero-order valence-electron chi connectivity index (χ0n) is 14.3. The number of aryl methyl sites for hydroxylation is 1. The summed E-state index contributed by atoms with van der Waals surface area (Å²) in [4.78, 5) is 18.7. The van der Waals surface area contributed by atoms with Crippen LogP contribution >= 0.6 is 0 Å². The molecule has 7 heteroatoms. The first kappa shape index (κ1) is 17.4. The van der Waals surface area contributed by atoms with E-state index in [2.05, 4.69) is 4.98 Å². The Kier molecular flexibility index (Phi) is 4.92. The number of hydrogen-bond acceptors (Lipinski definition) is 4. The molecule has 0 bridgehead atoms. The molecule has 6 nitrogen and oxygen atoms in total. The Hall–Kier alpha value is -1.47. The normalized spacial score (nSPS) is 23.6. The molecule has 3 heterocycles. The van der Waals surface area contributed by atoms with Crippen molar-refractivity contribution in [2.75, 3.05) is 32.4 Å². The molecule has 2 saturated heterocycles. The predicted molar refractivity (Wildman–Crippen MR) is 92.1 cm³/mol. The van der Waals surface area contributed by atoms with Crippen LogP contribution in [0.3, 0.4) is 0 Å². The van der Waals surface area contributed by atoms with Crippen molar-refractivity contribution >= 4 is 15.9 Å². The highest BCUT2D eigenvalue weighted by molar-refractivity contribution is 7.88. The van der Waals surface area contributed by atoms with Gasteiger partial charge in [-0.25, -0.2) is 12.7 Å². The number of nitrogens with zero attached hydrogens (tertiary/aromatic N) is 3. The van der Waals surface area contributed by atoms with Crippen molar-refractivity contribution in [3.8, 4) is 0 Å². The van der Waals surface area contributed by atoms with Crippen LogP contribution in [-0.2, 0) is 10.0 Å². The maximum absolute atomic E-state index is 12.6. The number of aromatic nitrogens is 1. The SMILES string of the molecule is Cc1ccc(C(=O)N2CCC(C3CCN(S(C)(=O)=O)CC3)C2)cn1. The van der Waals surface area contributed by atoms with Gasteiger partial charge in [-0.15, -0.1) is 0 Å². The fourth-order valence-corrected chi connectivity index (χ4v) is 4.69. The molecule has 0 spiro atoms. The molecule has 2 aliphatic rings. The molecule has 1 amide bonds. The summed E-state index contributed by atoms with van der Waals surface area (Å²) in [6.45, 7) is 4.68.